The second-order valence-electron chi connectivity index (χ2n) is 7.41. The number of likely N-dealkylation sites (N-methyl/N-ethyl adjacent to an activating group) is 1. The van der Waals surface area contributed by atoms with E-state index >= 15 is 0 Å². The third-order valence-electron chi connectivity index (χ3n) is 5.24. The van der Waals surface area contributed by atoms with Gasteiger partial charge in [-0.15, -0.1) is 0 Å². The van der Waals surface area contributed by atoms with E-state index in [2.05, 4.69) is 16.8 Å². The van der Waals surface area contributed by atoms with Gasteiger partial charge in [0.15, 0.2) is 0 Å². The van der Waals surface area contributed by atoms with Gasteiger partial charge in [0.1, 0.15) is 11.6 Å². The molecule has 0 radical (unpaired) electrons. The number of nitrogens with zero attached hydrogens (tertiary/aromatic N) is 2. The highest BCUT2D eigenvalue weighted by Gasteiger charge is 2.21. The minimum atomic E-state index is -0.260. The molecule has 0 aliphatic carbocycles. The average Bonchev–Trinajstić information content (AvgIpc) is 2.87. The maximum absolute atomic E-state index is 13.1. The van der Waals surface area contributed by atoms with E-state index in [4.69, 9.17) is 27.9 Å². The highest BCUT2D eigenvalue weighted by atomic mass is 35.5. The average molecular weight is 425 g/mol. The smallest absolute Gasteiger partial charge is 0.123 e. The van der Waals surface area contributed by atoms with Crippen molar-refractivity contribution < 1.29 is 9.13 Å². The normalized spacial score (nSPS) is 17.3. The van der Waals surface area contributed by atoms with Crippen molar-refractivity contribution in [3.63, 3.8) is 0 Å². The van der Waals surface area contributed by atoms with Gasteiger partial charge in [0.2, 0.25) is 0 Å². The number of benzene rings is 2. The molecule has 2 aromatic carbocycles. The molecule has 0 amide bonds. The number of ether oxygens (including phenoxy) is 1. The van der Waals surface area contributed by atoms with Crippen LogP contribution in [0.15, 0.2) is 42.5 Å². The zero-order valence-electron chi connectivity index (χ0n) is 16.2. The van der Waals surface area contributed by atoms with Crippen molar-refractivity contribution in [1.82, 2.24) is 9.80 Å². The summed E-state index contributed by atoms with van der Waals surface area (Å²) < 4.78 is 18.9. The van der Waals surface area contributed by atoms with Gasteiger partial charge in [0.05, 0.1) is 6.61 Å². The maximum atomic E-state index is 13.1. The molecular formula is C22H27Cl2FN2O. The van der Waals surface area contributed by atoms with Gasteiger partial charge in [-0.2, -0.15) is 0 Å². The molecule has 0 spiro atoms. The largest absolute Gasteiger partial charge is 0.494 e. The van der Waals surface area contributed by atoms with Crippen molar-refractivity contribution in [2.45, 2.75) is 18.8 Å². The highest BCUT2D eigenvalue weighted by Crippen LogP contribution is 2.31. The number of hydrogen-bond acceptors (Lipinski definition) is 3. The van der Waals surface area contributed by atoms with E-state index in [9.17, 15) is 4.39 Å². The number of hydrogen-bond donors (Lipinski definition) is 0. The van der Waals surface area contributed by atoms with Crippen LogP contribution in [0, 0.1) is 5.82 Å². The molecule has 1 heterocycles. The van der Waals surface area contributed by atoms with Crippen LogP contribution in [0.25, 0.3) is 0 Å². The summed E-state index contributed by atoms with van der Waals surface area (Å²) in [6, 6.07) is 11.9. The van der Waals surface area contributed by atoms with E-state index in [0.29, 0.717) is 22.4 Å². The van der Waals surface area contributed by atoms with Crippen molar-refractivity contribution in [2.24, 2.45) is 0 Å². The van der Waals surface area contributed by atoms with Crippen LogP contribution in [0.4, 0.5) is 4.39 Å². The lowest BCUT2D eigenvalue weighted by Crippen LogP contribution is -2.33. The van der Waals surface area contributed by atoms with Crippen LogP contribution in [-0.2, 0) is 0 Å². The minimum Gasteiger partial charge on any atom is -0.494 e. The van der Waals surface area contributed by atoms with Crippen LogP contribution in [0.5, 0.6) is 5.75 Å². The molecule has 28 heavy (non-hydrogen) atoms. The van der Waals surface area contributed by atoms with Gasteiger partial charge in [0, 0.05) is 35.6 Å². The summed E-state index contributed by atoms with van der Waals surface area (Å²) in [6.07, 6.45) is 1.99. The molecule has 3 nitrogen and oxygen atoms in total. The van der Waals surface area contributed by atoms with Crippen LogP contribution in [0.1, 0.15) is 24.3 Å². The Labute approximate surface area is 177 Å². The summed E-state index contributed by atoms with van der Waals surface area (Å²) in [4.78, 5) is 4.89. The second-order valence-corrected chi connectivity index (χ2v) is 8.25. The molecule has 152 valence electrons. The third kappa shape index (κ3) is 6.35. The van der Waals surface area contributed by atoms with Crippen LogP contribution in [-0.4, -0.2) is 56.2 Å². The zero-order chi connectivity index (χ0) is 19.9. The maximum Gasteiger partial charge on any atom is 0.123 e. The van der Waals surface area contributed by atoms with Crippen molar-refractivity contribution in [1.29, 1.82) is 0 Å². The Morgan fingerprint density at radius 2 is 1.82 bits per heavy atom. The predicted molar refractivity (Wildman–Crippen MR) is 114 cm³/mol. The molecule has 0 aromatic heterocycles. The quantitative estimate of drug-likeness (QED) is 0.597. The van der Waals surface area contributed by atoms with E-state index < -0.39 is 0 Å². The molecule has 3 rings (SSSR count). The molecule has 0 saturated carbocycles. The van der Waals surface area contributed by atoms with Gasteiger partial charge in [-0.1, -0.05) is 29.3 Å². The first-order chi connectivity index (χ1) is 13.5. The number of halogens is 3. The summed E-state index contributed by atoms with van der Waals surface area (Å²) in [5.41, 5.74) is 1.10. The van der Waals surface area contributed by atoms with Crippen molar-refractivity contribution in [3.8, 4) is 5.75 Å². The lowest BCUT2D eigenvalue weighted by atomic mass is 9.95. The Bertz CT molecular complexity index is 757. The molecule has 1 fully saturated rings. The van der Waals surface area contributed by atoms with Crippen molar-refractivity contribution >= 4 is 23.2 Å². The van der Waals surface area contributed by atoms with Crippen LogP contribution in [0.3, 0.4) is 0 Å². The van der Waals surface area contributed by atoms with E-state index in [-0.39, 0.29) is 11.7 Å². The van der Waals surface area contributed by atoms with E-state index in [0.717, 1.165) is 44.7 Å². The monoisotopic (exact) mass is 424 g/mol. The Kier molecular flexibility index (Phi) is 7.98. The first kappa shape index (κ1) is 21.4. The van der Waals surface area contributed by atoms with Gasteiger partial charge in [-0.25, -0.2) is 4.39 Å². The van der Waals surface area contributed by atoms with E-state index in [1.165, 1.54) is 18.6 Å². The van der Waals surface area contributed by atoms with Crippen molar-refractivity contribution in [2.75, 3.05) is 46.4 Å². The zero-order valence-corrected chi connectivity index (χ0v) is 17.7. The molecule has 1 atom stereocenters. The first-order valence-corrected chi connectivity index (χ1v) is 10.5. The predicted octanol–water partition coefficient (Wildman–Crippen LogP) is 5.32. The van der Waals surface area contributed by atoms with Crippen molar-refractivity contribution in [3.05, 3.63) is 63.9 Å². The summed E-state index contributed by atoms with van der Waals surface area (Å²) in [6.45, 7) is 5.83. The topological polar surface area (TPSA) is 15.7 Å². The van der Waals surface area contributed by atoms with Gasteiger partial charge >= 0.3 is 0 Å². The fourth-order valence-corrected chi connectivity index (χ4v) is 4.18. The molecule has 0 N–H and O–H groups in total. The second kappa shape index (κ2) is 10.4. The Balaban J connectivity index is 1.67. The number of rotatable bonds is 7. The minimum absolute atomic E-state index is 0.244. The third-order valence-corrected chi connectivity index (χ3v) is 5.80. The standard InChI is InChI=1S/C22H27Cl2FN2O/c1-26-10-2-11-27(13-12-26)16-17(21-8-3-18(23)15-22(21)24)9-14-28-20-6-4-19(25)5-7-20/h3-8,15,17H,2,9-14,16H2,1H3. The molecular weight excluding hydrogens is 398 g/mol. The Hall–Kier alpha value is -1.33. The molecule has 0 bridgehead atoms. The Morgan fingerprint density at radius 3 is 2.57 bits per heavy atom. The van der Waals surface area contributed by atoms with E-state index in [1.807, 2.05) is 18.2 Å². The fraction of sp³-hybridized carbons (Fsp3) is 0.455. The molecule has 1 saturated heterocycles. The van der Waals surface area contributed by atoms with Crippen LogP contribution < -0.4 is 4.74 Å². The summed E-state index contributed by atoms with van der Waals surface area (Å²) >= 11 is 12.6. The lowest BCUT2D eigenvalue weighted by Gasteiger charge is -2.27. The molecule has 6 heteroatoms. The molecule has 2 aromatic rings. The summed E-state index contributed by atoms with van der Waals surface area (Å²) in [5.74, 6) is 0.664. The first-order valence-electron chi connectivity index (χ1n) is 9.75. The molecule has 1 unspecified atom stereocenters. The molecule has 1 aliphatic rings. The Morgan fingerprint density at radius 1 is 1.04 bits per heavy atom. The summed E-state index contributed by atoms with van der Waals surface area (Å²) in [7, 11) is 2.17. The SMILES string of the molecule is CN1CCCN(CC(CCOc2ccc(F)cc2)c2ccc(Cl)cc2Cl)CC1. The van der Waals surface area contributed by atoms with Crippen LogP contribution in [0.2, 0.25) is 10.0 Å². The lowest BCUT2D eigenvalue weighted by molar-refractivity contribution is 0.234. The molecule has 1 aliphatic heterocycles. The van der Waals surface area contributed by atoms with Gasteiger partial charge in [-0.05, 0) is 74.9 Å². The van der Waals surface area contributed by atoms with Crippen LogP contribution >= 0.6 is 23.2 Å². The fourth-order valence-electron chi connectivity index (χ4n) is 3.62. The summed E-state index contributed by atoms with van der Waals surface area (Å²) in [5, 5.41) is 1.35. The van der Waals surface area contributed by atoms with Gasteiger partial charge in [-0.3, -0.25) is 0 Å². The highest BCUT2D eigenvalue weighted by molar-refractivity contribution is 6.35. The van der Waals surface area contributed by atoms with E-state index in [1.54, 1.807) is 12.1 Å². The van der Waals surface area contributed by atoms with Gasteiger partial charge < -0.3 is 14.5 Å². The van der Waals surface area contributed by atoms with Gasteiger partial charge in [0.25, 0.3) is 0 Å².